The zero-order valence-electron chi connectivity index (χ0n) is 20.4. The van der Waals surface area contributed by atoms with Crippen LogP contribution in [0.3, 0.4) is 0 Å². The van der Waals surface area contributed by atoms with Crippen LogP contribution in [0.25, 0.3) is 12.2 Å². The second-order valence-electron chi connectivity index (χ2n) is 7.33. The molecule has 2 rings (SSSR count). The summed E-state index contributed by atoms with van der Waals surface area (Å²) in [5.74, 6) is -0.265. The summed E-state index contributed by atoms with van der Waals surface area (Å²) < 4.78 is 14.6. The van der Waals surface area contributed by atoms with Gasteiger partial charge in [-0.15, -0.1) is 0 Å². The summed E-state index contributed by atoms with van der Waals surface area (Å²) >= 11 is 0. The second kappa shape index (κ2) is 15.7. The third-order valence-corrected chi connectivity index (χ3v) is 4.48. The average molecular weight is 485 g/mol. The lowest BCUT2D eigenvalue weighted by molar-refractivity contribution is -0.141. The predicted molar refractivity (Wildman–Crippen MR) is 134 cm³/mol. The Bertz CT molecular complexity index is 980. The molecule has 0 aliphatic rings. The van der Waals surface area contributed by atoms with Gasteiger partial charge in [0.25, 0.3) is 0 Å². The number of methoxy groups -OCH3 is 2. The topological polar surface area (TPSA) is 119 Å². The molecule has 0 aromatic heterocycles. The molecule has 35 heavy (non-hydrogen) atoms. The zero-order chi connectivity index (χ0) is 26.2. The molecule has 0 aliphatic carbocycles. The molecular weight excluding hydrogens is 452 g/mol. The summed E-state index contributed by atoms with van der Waals surface area (Å²) in [6.45, 7) is 4.06. The molecule has 0 fully saturated rings. The van der Waals surface area contributed by atoms with Crippen molar-refractivity contribution in [3.8, 4) is 23.0 Å². The Morgan fingerprint density at radius 3 is 1.66 bits per heavy atom. The van der Waals surface area contributed by atoms with E-state index in [1.54, 1.807) is 36.4 Å². The van der Waals surface area contributed by atoms with E-state index in [-0.39, 0.29) is 35.5 Å². The van der Waals surface area contributed by atoms with Crippen LogP contribution in [-0.2, 0) is 19.1 Å². The molecule has 0 saturated heterocycles. The Hall–Kier alpha value is -4.07. The first-order chi connectivity index (χ1) is 16.7. The highest BCUT2D eigenvalue weighted by atomic mass is 16.5. The molecule has 0 atom stereocenters. The second-order valence-corrected chi connectivity index (χ2v) is 7.33. The number of allylic oxidation sites excluding steroid dienone is 2. The molecule has 2 aromatic rings. The fourth-order valence-electron chi connectivity index (χ4n) is 2.62. The molecule has 2 N–H and O–H groups in total. The van der Waals surface area contributed by atoms with Gasteiger partial charge in [0.05, 0.1) is 27.2 Å². The number of carbonyl (C=O) groups is 3. The Morgan fingerprint density at radius 1 is 0.829 bits per heavy atom. The average Bonchev–Trinajstić information content (AvgIpc) is 2.83. The molecule has 0 heterocycles. The first kappa shape index (κ1) is 29.0. The Balaban J connectivity index is 0.000000658. The van der Waals surface area contributed by atoms with E-state index in [2.05, 4.69) is 11.7 Å². The number of ketones is 2. The Kier molecular flexibility index (Phi) is 13.0. The molecule has 0 spiro atoms. The fraction of sp³-hybridized carbons (Fsp3) is 0.296. The van der Waals surface area contributed by atoms with Gasteiger partial charge in [0, 0.05) is 6.92 Å². The summed E-state index contributed by atoms with van der Waals surface area (Å²) in [6, 6.07) is 9.34. The minimum Gasteiger partial charge on any atom is -0.504 e. The molecule has 2 aromatic carbocycles. The van der Waals surface area contributed by atoms with Crippen molar-refractivity contribution in [1.29, 1.82) is 0 Å². The van der Waals surface area contributed by atoms with Gasteiger partial charge in [-0.05, 0) is 54.0 Å². The fourth-order valence-corrected chi connectivity index (χ4v) is 2.62. The van der Waals surface area contributed by atoms with Crippen LogP contribution in [-0.4, -0.2) is 48.6 Å². The maximum atomic E-state index is 11.9. The van der Waals surface area contributed by atoms with E-state index >= 15 is 0 Å². The zero-order valence-corrected chi connectivity index (χ0v) is 20.4. The number of esters is 1. The number of hydrogen-bond donors (Lipinski definition) is 2. The van der Waals surface area contributed by atoms with Crippen LogP contribution in [0.15, 0.2) is 48.6 Å². The first-order valence-electron chi connectivity index (χ1n) is 11.0. The lowest BCUT2D eigenvalue weighted by Gasteiger charge is -2.03. The molecular formula is C27H32O8. The third-order valence-electron chi connectivity index (χ3n) is 4.48. The highest BCUT2D eigenvalue weighted by Gasteiger charge is 2.06. The van der Waals surface area contributed by atoms with Crippen molar-refractivity contribution in [3.63, 3.8) is 0 Å². The van der Waals surface area contributed by atoms with Gasteiger partial charge in [-0.3, -0.25) is 14.4 Å². The minimum atomic E-state index is -0.347. The van der Waals surface area contributed by atoms with Crippen LogP contribution < -0.4 is 9.47 Å². The maximum absolute atomic E-state index is 11.9. The van der Waals surface area contributed by atoms with E-state index in [1.165, 1.54) is 45.4 Å². The molecule has 8 nitrogen and oxygen atoms in total. The number of benzene rings is 2. The molecule has 0 bridgehead atoms. The van der Waals surface area contributed by atoms with Gasteiger partial charge in [-0.2, -0.15) is 0 Å². The molecule has 0 unspecified atom stereocenters. The lowest BCUT2D eigenvalue weighted by atomic mass is 10.1. The molecule has 0 amide bonds. The van der Waals surface area contributed by atoms with Gasteiger partial charge < -0.3 is 24.4 Å². The van der Waals surface area contributed by atoms with E-state index in [9.17, 15) is 24.6 Å². The van der Waals surface area contributed by atoms with E-state index in [4.69, 9.17) is 9.47 Å². The smallest absolute Gasteiger partial charge is 0.302 e. The standard InChI is InChI=1S/C21H20O6.C6H12O2/c1-26-20-11-14(5-9-18(20)24)3-7-16(22)13-17(23)8-4-15-6-10-19(25)21(12-15)27-2;1-3-4-5-8-6(2)7/h3-12,24-25H,13H2,1-2H3;3-5H2,1-2H3/b7-3+,8-4+;. The highest BCUT2D eigenvalue weighted by Crippen LogP contribution is 2.27. The number of aromatic hydroxyl groups is 2. The van der Waals surface area contributed by atoms with Gasteiger partial charge in [-0.25, -0.2) is 0 Å². The van der Waals surface area contributed by atoms with E-state index < -0.39 is 0 Å². The van der Waals surface area contributed by atoms with Crippen LogP contribution in [0.2, 0.25) is 0 Å². The lowest BCUT2D eigenvalue weighted by Crippen LogP contribution is -2.01. The highest BCUT2D eigenvalue weighted by molar-refractivity contribution is 6.10. The molecule has 188 valence electrons. The number of hydrogen-bond acceptors (Lipinski definition) is 8. The maximum Gasteiger partial charge on any atom is 0.302 e. The van der Waals surface area contributed by atoms with Crippen molar-refractivity contribution < 1.29 is 38.8 Å². The summed E-state index contributed by atoms with van der Waals surface area (Å²) in [5, 5.41) is 19.1. The van der Waals surface area contributed by atoms with Crippen molar-refractivity contribution >= 4 is 29.7 Å². The van der Waals surface area contributed by atoms with Gasteiger partial charge in [0.2, 0.25) is 0 Å². The van der Waals surface area contributed by atoms with Crippen molar-refractivity contribution in [1.82, 2.24) is 0 Å². The molecule has 0 radical (unpaired) electrons. The Morgan fingerprint density at radius 2 is 1.29 bits per heavy atom. The number of phenolic OH excluding ortho intramolecular Hbond substituents is 2. The Labute approximate surface area is 205 Å². The van der Waals surface area contributed by atoms with Crippen LogP contribution >= 0.6 is 0 Å². The van der Waals surface area contributed by atoms with E-state index in [0.29, 0.717) is 29.2 Å². The summed E-state index contributed by atoms with van der Waals surface area (Å²) in [7, 11) is 2.87. The van der Waals surface area contributed by atoms with Crippen molar-refractivity contribution in [3.05, 3.63) is 59.7 Å². The largest absolute Gasteiger partial charge is 0.504 e. The van der Waals surface area contributed by atoms with Crippen molar-refractivity contribution in [2.24, 2.45) is 0 Å². The van der Waals surface area contributed by atoms with Gasteiger partial charge in [-0.1, -0.05) is 37.6 Å². The van der Waals surface area contributed by atoms with Gasteiger partial charge in [0.1, 0.15) is 0 Å². The number of rotatable bonds is 11. The van der Waals surface area contributed by atoms with Crippen LogP contribution in [0.5, 0.6) is 23.0 Å². The molecule has 0 aliphatic heterocycles. The van der Waals surface area contributed by atoms with Gasteiger partial charge >= 0.3 is 5.97 Å². The van der Waals surface area contributed by atoms with Crippen molar-refractivity contribution in [2.45, 2.75) is 33.1 Å². The number of phenols is 2. The number of ether oxygens (including phenoxy) is 3. The normalized spacial score (nSPS) is 10.5. The molecule has 8 heteroatoms. The van der Waals surface area contributed by atoms with Crippen LogP contribution in [0, 0.1) is 0 Å². The predicted octanol–water partition coefficient (Wildman–Crippen LogP) is 4.72. The summed E-state index contributed by atoms with van der Waals surface area (Å²) in [4.78, 5) is 34.0. The minimum absolute atomic E-state index is 0.00662. The number of unbranched alkanes of at least 4 members (excludes halogenated alkanes) is 1. The van der Waals surface area contributed by atoms with Crippen LogP contribution in [0.1, 0.15) is 44.2 Å². The first-order valence-corrected chi connectivity index (χ1v) is 11.0. The van der Waals surface area contributed by atoms with Gasteiger partial charge in [0.15, 0.2) is 34.6 Å². The monoisotopic (exact) mass is 484 g/mol. The van der Waals surface area contributed by atoms with Crippen LogP contribution in [0.4, 0.5) is 0 Å². The van der Waals surface area contributed by atoms with E-state index in [1.807, 2.05) is 0 Å². The summed E-state index contributed by atoms with van der Waals surface area (Å²) in [6.07, 6.45) is 7.49. The third kappa shape index (κ3) is 11.6. The van der Waals surface area contributed by atoms with E-state index in [0.717, 1.165) is 12.8 Å². The number of carbonyl (C=O) groups excluding carboxylic acids is 3. The summed E-state index contributed by atoms with van der Waals surface area (Å²) in [5.41, 5.74) is 1.33. The SMILES string of the molecule is CCCCOC(C)=O.COc1cc(/C=C/C(=O)CC(=O)/C=C/c2ccc(O)c(OC)c2)ccc1O. The van der Waals surface area contributed by atoms with Crippen molar-refractivity contribution in [2.75, 3.05) is 20.8 Å². The quantitative estimate of drug-likeness (QED) is 0.204. The molecule has 0 saturated carbocycles.